The quantitative estimate of drug-likeness (QED) is 0.341. The molecule has 0 unspecified atom stereocenters. The molecule has 1 amide bonds. The lowest BCUT2D eigenvalue weighted by atomic mass is 10.1. The van der Waals surface area contributed by atoms with Crippen molar-refractivity contribution in [2.75, 3.05) is 47.9 Å². The van der Waals surface area contributed by atoms with Crippen LogP contribution >= 0.6 is 22.7 Å². The van der Waals surface area contributed by atoms with Gasteiger partial charge in [-0.15, -0.1) is 11.3 Å². The summed E-state index contributed by atoms with van der Waals surface area (Å²) in [5.74, 6) is -0.194. The predicted molar refractivity (Wildman–Crippen MR) is 143 cm³/mol. The number of thiophene rings is 1. The maximum absolute atomic E-state index is 12.9. The summed E-state index contributed by atoms with van der Waals surface area (Å²) >= 11 is 3.06. The van der Waals surface area contributed by atoms with Gasteiger partial charge in [-0.3, -0.25) is 9.69 Å². The van der Waals surface area contributed by atoms with Crippen molar-refractivity contribution < 1.29 is 4.79 Å². The van der Waals surface area contributed by atoms with Crippen LogP contribution in [0.4, 0.5) is 22.2 Å². The van der Waals surface area contributed by atoms with Gasteiger partial charge in [0.15, 0.2) is 5.13 Å². The molecule has 0 spiro atoms. The van der Waals surface area contributed by atoms with Crippen molar-refractivity contribution in [3.63, 3.8) is 0 Å². The van der Waals surface area contributed by atoms with E-state index in [0.29, 0.717) is 16.3 Å². The molecule has 0 saturated carbocycles. The fourth-order valence-corrected chi connectivity index (χ4v) is 5.53. The Kier molecular flexibility index (Phi) is 6.48. The Balaban J connectivity index is 1.19. The van der Waals surface area contributed by atoms with E-state index >= 15 is 0 Å². The van der Waals surface area contributed by atoms with Crippen LogP contribution in [-0.2, 0) is 6.54 Å². The highest BCUT2D eigenvalue weighted by atomic mass is 32.1. The molecular weight excluding hydrogens is 464 g/mol. The minimum atomic E-state index is -0.194. The first-order valence-corrected chi connectivity index (χ1v) is 12.8. The SMILES string of the molecule is Nc1ccc(CN2CCN(c3ncc(C(=O)Nc4cc(-c5cccs5)ccc4N)s3)CC2)cc1. The molecule has 5 N–H and O–H groups in total. The Labute approximate surface area is 206 Å². The average molecular weight is 491 g/mol. The number of anilines is 4. The molecule has 1 aliphatic rings. The number of amides is 1. The van der Waals surface area contributed by atoms with Crippen LogP contribution in [0.3, 0.4) is 0 Å². The minimum Gasteiger partial charge on any atom is -0.399 e. The molecule has 7 nitrogen and oxygen atoms in total. The molecule has 4 aromatic rings. The molecule has 2 aromatic heterocycles. The van der Waals surface area contributed by atoms with Crippen molar-refractivity contribution in [3.05, 3.63) is 76.6 Å². The average Bonchev–Trinajstić information content (AvgIpc) is 3.55. The largest absolute Gasteiger partial charge is 0.399 e. The van der Waals surface area contributed by atoms with Crippen LogP contribution in [0.1, 0.15) is 15.2 Å². The summed E-state index contributed by atoms with van der Waals surface area (Å²) in [7, 11) is 0. The summed E-state index contributed by atoms with van der Waals surface area (Å²) in [5.41, 5.74) is 16.1. The Morgan fingerprint density at radius 1 is 1.03 bits per heavy atom. The van der Waals surface area contributed by atoms with E-state index in [2.05, 4.69) is 32.2 Å². The monoisotopic (exact) mass is 490 g/mol. The Bertz CT molecular complexity index is 1260. The van der Waals surface area contributed by atoms with Crippen LogP contribution in [0, 0.1) is 0 Å². The topological polar surface area (TPSA) is 101 Å². The van der Waals surface area contributed by atoms with Gasteiger partial charge in [0.1, 0.15) is 4.88 Å². The molecule has 1 aliphatic heterocycles. The molecule has 0 aliphatic carbocycles. The van der Waals surface area contributed by atoms with Gasteiger partial charge in [0, 0.05) is 43.3 Å². The van der Waals surface area contributed by atoms with Gasteiger partial charge in [-0.05, 0) is 46.8 Å². The molecule has 0 bridgehead atoms. The van der Waals surface area contributed by atoms with Gasteiger partial charge in [-0.1, -0.05) is 35.6 Å². The van der Waals surface area contributed by atoms with Crippen molar-refractivity contribution >= 4 is 50.8 Å². The Morgan fingerprint density at radius 2 is 1.82 bits per heavy atom. The summed E-state index contributed by atoms with van der Waals surface area (Å²) < 4.78 is 0. The number of thiazole rings is 1. The highest BCUT2D eigenvalue weighted by Crippen LogP contribution is 2.31. The molecule has 0 radical (unpaired) electrons. The zero-order valence-corrected chi connectivity index (χ0v) is 20.2. The lowest BCUT2D eigenvalue weighted by molar-refractivity contribution is 0.103. The molecule has 5 rings (SSSR count). The molecule has 34 heavy (non-hydrogen) atoms. The maximum Gasteiger partial charge on any atom is 0.267 e. The third-order valence-corrected chi connectivity index (χ3v) is 7.83. The zero-order chi connectivity index (χ0) is 23.5. The lowest BCUT2D eigenvalue weighted by Gasteiger charge is -2.34. The first-order chi connectivity index (χ1) is 16.5. The number of nitrogens with two attached hydrogens (primary N) is 2. The second kappa shape index (κ2) is 9.84. The summed E-state index contributed by atoms with van der Waals surface area (Å²) in [6.45, 7) is 4.54. The van der Waals surface area contributed by atoms with E-state index in [9.17, 15) is 4.79 Å². The highest BCUT2D eigenvalue weighted by molar-refractivity contribution is 7.17. The molecule has 2 aromatic carbocycles. The van der Waals surface area contributed by atoms with E-state index in [1.807, 2.05) is 47.8 Å². The number of carbonyl (C=O) groups is 1. The number of aromatic nitrogens is 1. The van der Waals surface area contributed by atoms with E-state index in [4.69, 9.17) is 11.5 Å². The van der Waals surface area contributed by atoms with Crippen molar-refractivity contribution in [1.29, 1.82) is 0 Å². The first-order valence-electron chi connectivity index (χ1n) is 11.1. The number of rotatable bonds is 6. The van der Waals surface area contributed by atoms with E-state index < -0.39 is 0 Å². The van der Waals surface area contributed by atoms with Crippen molar-refractivity contribution in [2.24, 2.45) is 0 Å². The number of benzene rings is 2. The molecule has 0 atom stereocenters. The summed E-state index contributed by atoms with van der Waals surface area (Å²) in [6.07, 6.45) is 1.65. The van der Waals surface area contributed by atoms with Gasteiger partial charge in [0.25, 0.3) is 5.91 Å². The summed E-state index contributed by atoms with van der Waals surface area (Å²) in [5, 5.41) is 5.86. The van der Waals surface area contributed by atoms with E-state index in [1.54, 1.807) is 17.5 Å². The number of hydrogen-bond donors (Lipinski definition) is 3. The van der Waals surface area contributed by atoms with Crippen LogP contribution in [0.25, 0.3) is 10.4 Å². The van der Waals surface area contributed by atoms with Crippen LogP contribution in [0.5, 0.6) is 0 Å². The van der Waals surface area contributed by atoms with Crippen LogP contribution < -0.4 is 21.7 Å². The summed E-state index contributed by atoms with van der Waals surface area (Å²) in [6, 6.07) is 17.8. The van der Waals surface area contributed by atoms with Gasteiger partial charge in [-0.2, -0.15) is 0 Å². The van der Waals surface area contributed by atoms with Gasteiger partial charge >= 0.3 is 0 Å². The fraction of sp³-hybridized carbons (Fsp3) is 0.200. The van der Waals surface area contributed by atoms with Gasteiger partial charge in [0.2, 0.25) is 0 Å². The van der Waals surface area contributed by atoms with Crippen molar-refractivity contribution in [3.8, 4) is 10.4 Å². The van der Waals surface area contributed by atoms with E-state index in [-0.39, 0.29) is 5.91 Å². The standard InChI is InChI=1S/C25H26N6OS2/c26-19-6-3-17(4-7-19)16-30-9-11-31(12-10-30)25-28-15-23(34-25)24(32)29-21-14-18(5-8-20(21)27)22-2-1-13-33-22/h1-8,13-15H,9-12,16,26-27H2,(H,29,32). The number of carbonyl (C=O) groups excluding carboxylic acids is 1. The minimum absolute atomic E-state index is 0.194. The summed E-state index contributed by atoms with van der Waals surface area (Å²) in [4.78, 5) is 23.8. The van der Waals surface area contributed by atoms with Gasteiger partial charge in [-0.25, -0.2) is 4.98 Å². The number of nitrogen functional groups attached to an aromatic ring is 2. The Hall–Kier alpha value is -3.40. The number of hydrogen-bond acceptors (Lipinski definition) is 8. The molecule has 1 fully saturated rings. The molecule has 174 valence electrons. The molecule has 3 heterocycles. The zero-order valence-electron chi connectivity index (χ0n) is 18.6. The third kappa shape index (κ3) is 5.06. The third-order valence-electron chi connectivity index (χ3n) is 5.85. The van der Waals surface area contributed by atoms with Crippen LogP contribution in [0.15, 0.2) is 66.2 Å². The number of piperazine rings is 1. The molecule has 1 saturated heterocycles. The second-order valence-electron chi connectivity index (χ2n) is 8.25. The first kappa shape index (κ1) is 22.4. The number of nitrogens with one attached hydrogen (secondary N) is 1. The number of nitrogens with zero attached hydrogens (tertiary/aromatic N) is 3. The van der Waals surface area contributed by atoms with Gasteiger partial charge < -0.3 is 21.7 Å². The lowest BCUT2D eigenvalue weighted by Crippen LogP contribution is -2.45. The molecular formula is C25H26N6OS2. The second-order valence-corrected chi connectivity index (χ2v) is 10.2. The van der Waals surface area contributed by atoms with Crippen molar-refractivity contribution in [1.82, 2.24) is 9.88 Å². The van der Waals surface area contributed by atoms with E-state index in [0.717, 1.165) is 54.0 Å². The van der Waals surface area contributed by atoms with Crippen LogP contribution in [0.2, 0.25) is 0 Å². The van der Waals surface area contributed by atoms with Gasteiger partial charge in [0.05, 0.1) is 17.6 Å². The highest BCUT2D eigenvalue weighted by Gasteiger charge is 2.21. The normalized spacial score (nSPS) is 14.3. The predicted octanol–water partition coefficient (Wildman–Crippen LogP) is 4.61. The van der Waals surface area contributed by atoms with E-state index in [1.165, 1.54) is 16.9 Å². The molecule has 9 heteroatoms. The Morgan fingerprint density at radius 3 is 2.56 bits per heavy atom. The maximum atomic E-state index is 12.9. The van der Waals surface area contributed by atoms with Crippen LogP contribution in [-0.4, -0.2) is 42.0 Å². The van der Waals surface area contributed by atoms with Crippen molar-refractivity contribution in [2.45, 2.75) is 6.54 Å². The fourth-order valence-electron chi connectivity index (χ4n) is 3.94. The smallest absolute Gasteiger partial charge is 0.267 e.